The molecular formula is C13H8N2O2. The predicted octanol–water partition coefficient (Wildman–Crippen LogP) is 2.48. The minimum absolute atomic E-state index is 0.0572. The van der Waals surface area contributed by atoms with E-state index in [0.29, 0.717) is 0 Å². The van der Waals surface area contributed by atoms with Crippen molar-refractivity contribution in [1.29, 1.82) is 0 Å². The molecule has 3 aromatic rings. The molecule has 0 spiro atoms. The molecule has 1 N–H and O–H groups in total. The van der Waals surface area contributed by atoms with E-state index in [1.165, 1.54) is 0 Å². The van der Waals surface area contributed by atoms with E-state index in [4.69, 9.17) is 5.11 Å². The summed E-state index contributed by atoms with van der Waals surface area (Å²) in [5.41, 5.74) is 0.0572. The number of fused-ring (bicyclic) bond motifs is 3. The number of nitrogens with zero attached hydrogens (tertiary/aromatic N) is 2. The lowest BCUT2D eigenvalue weighted by Gasteiger charge is -2.03. The summed E-state index contributed by atoms with van der Waals surface area (Å²) in [7, 11) is 0. The average molecular weight is 224 g/mol. The number of hydrogen-bond donors (Lipinski definition) is 1. The standard InChI is InChI=1S/C13H8N2O2/c16-13(17)12-5-11-9(7-15-12)2-1-8-6-14-4-3-10(8)11/h1-7H,(H,16,17). The van der Waals surface area contributed by atoms with Gasteiger partial charge in [0.25, 0.3) is 0 Å². The fraction of sp³-hybridized carbons (Fsp3) is 0. The number of pyridine rings is 2. The third-order valence-electron chi connectivity index (χ3n) is 2.74. The normalized spacial score (nSPS) is 10.8. The topological polar surface area (TPSA) is 63.1 Å². The molecule has 3 rings (SSSR count). The van der Waals surface area contributed by atoms with Gasteiger partial charge in [-0.15, -0.1) is 0 Å². The highest BCUT2D eigenvalue weighted by atomic mass is 16.4. The van der Waals surface area contributed by atoms with Crippen molar-refractivity contribution in [2.45, 2.75) is 0 Å². The Kier molecular flexibility index (Phi) is 2.01. The van der Waals surface area contributed by atoms with E-state index in [-0.39, 0.29) is 5.69 Å². The molecular weight excluding hydrogens is 216 g/mol. The Morgan fingerprint density at radius 1 is 1.06 bits per heavy atom. The maximum absolute atomic E-state index is 10.9. The summed E-state index contributed by atoms with van der Waals surface area (Å²) in [6.07, 6.45) is 5.04. The van der Waals surface area contributed by atoms with E-state index in [1.54, 1.807) is 24.7 Å². The van der Waals surface area contributed by atoms with Gasteiger partial charge in [-0.3, -0.25) is 4.98 Å². The van der Waals surface area contributed by atoms with E-state index in [0.717, 1.165) is 21.5 Å². The largest absolute Gasteiger partial charge is 0.477 e. The summed E-state index contributed by atoms with van der Waals surface area (Å²) in [4.78, 5) is 18.8. The molecule has 0 aliphatic rings. The second-order valence-corrected chi connectivity index (χ2v) is 3.76. The third kappa shape index (κ3) is 1.50. The molecule has 4 heteroatoms. The molecule has 0 aliphatic carbocycles. The summed E-state index contributed by atoms with van der Waals surface area (Å²) in [5, 5.41) is 12.7. The second kappa shape index (κ2) is 3.52. The lowest BCUT2D eigenvalue weighted by molar-refractivity contribution is 0.0691. The maximum atomic E-state index is 10.9. The van der Waals surface area contributed by atoms with E-state index >= 15 is 0 Å². The van der Waals surface area contributed by atoms with Gasteiger partial charge < -0.3 is 5.11 Å². The molecule has 0 radical (unpaired) electrons. The van der Waals surface area contributed by atoms with E-state index in [1.807, 2.05) is 18.2 Å². The lowest BCUT2D eigenvalue weighted by Crippen LogP contribution is -1.99. The molecule has 0 unspecified atom stereocenters. The SMILES string of the molecule is O=C(O)c1cc2c(ccc3cnccc32)cn1. The van der Waals surface area contributed by atoms with Crippen molar-refractivity contribution in [1.82, 2.24) is 9.97 Å². The van der Waals surface area contributed by atoms with Gasteiger partial charge in [0.1, 0.15) is 5.69 Å². The molecule has 1 aromatic carbocycles. The Hall–Kier alpha value is -2.49. The van der Waals surface area contributed by atoms with Crippen molar-refractivity contribution in [3.8, 4) is 0 Å². The first-order valence-electron chi connectivity index (χ1n) is 5.11. The number of hydrogen-bond acceptors (Lipinski definition) is 3. The summed E-state index contributed by atoms with van der Waals surface area (Å²) in [5.74, 6) is -1.02. The Balaban J connectivity index is 2.46. The smallest absolute Gasteiger partial charge is 0.354 e. The Morgan fingerprint density at radius 3 is 2.59 bits per heavy atom. The van der Waals surface area contributed by atoms with Gasteiger partial charge in [-0.25, -0.2) is 9.78 Å². The minimum atomic E-state index is -1.02. The molecule has 2 aromatic heterocycles. The van der Waals surface area contributed by atoms with Gasteiger partial charge in [0.15, 0.2) is 0 Å². The van der Waals surface area contributed by atoms with Crippen molar-refractivity contribution in [3.63, 3.8) is 0 Å². The Bertz CT molecular complexity index is 738. The zero-order valence-electron chi connectivity index (χ0n) is 8.79. The van der Waals surface area contributed by atoms with Gasteiger partial charge in [0.2, 0.25) is 0 Å². The third-order valence-corrected chi connectivity index (χ3v) is 2.74. The van der Waals surface area contributed by atoms with Gasteiger partial charge in [0.05, 0.1) is 0 Å². The van der Waals surface area contributed by atoms with Gasteiger partial charge in [-0.2, -0.15) is 0 Å². The summed E-state index contributed by atoms with van der Waals surface area (Å²) >= 11 is 0. The number of carbonyl (C=O) groups is 1. The average Bonchev–Trinajstić information content (AvgIpc) is 2.38. The van der Waals surface area contributed by atoms with Crippen LogP contribution in [0.2, 0.25) is 0 Å². The van der Waals surface area contributed by atoms with Crippen molar-refractivity contribution in [2.75, 3.05) is 0 Å². The molecule has 0 atom stereocenters. The fourth-order valence-corrected chi connectivity index (χ4v) is 1.91. The highest BCUT2D eigenvalue weighted by Crippen LogP contribution is 2.24. The predicted molar refractivity (Wildman–Crippen MR) is 64.0 cm³/mol. The van der Waals surface area contributed by atoms with E-state index in [2.05, 4.69) is 9.97 Å². The van der Waals surface area contributed by atoms with Crippen molar-refractivity contribution in [3.05, 3.63) is 48.5 Å². The first kappa shape index (κ1) is 9.72. The fourth-order valence-electron chi connectivity index (χ4n) is 1.91. The molecule has 0 saturated heterocycles. The molecule has 4 nitrogen and oxygen atoms in total. The molecule has 0 aliphatic heterocycles. The minimum Gasteiger partial charge on any atom is -0.477 e. The number of aromatic nitrogens is 2. The molecule has 2 heterocycles. The number of rotatable bonds is 1. The van der Waals surface area contributed by atoms with Crippen LogP contribution < -0.4 is 0 Å². The number of benzene rings is 1. The Morgan fingerprint density at radius 2 is 1.82 bits per heavy atom. The van der Waals surface area contributed by atoms with Gasteiger partial charge in [0, 0.05) is 29.4 Å². The molecule has 0 amide bonds. The zero-order valence-corrected chi connectivity index (χ0v) is 8.79. The van der Waals surface area contributed by atoms with Crippen LogP contribution in [-0.4, -0.2) is 21.0 Å². The molecule has 0 saturated carbocycles. The van der Waals surface area contributed by atoms with Crippen molar-refractivity contribution in [2.24, 2.45) is 0 Å². The maximum Gasteiger partial charge on any atom is 0.354 e. The van der Waals surface area contributed by atoms with Gasteiger partial charge in [-0.05, 0) is 22.9 Å². The summed E-state index contributed by atoms with van der Waals surface area (Å²) < 4.78 is 0. The van der Waals surface area contributed by atoms with Crippen LogP contribution in [0.3, 0.4) is 0 Å². The number of carboxylic acids is 1. The first-order valence-corrected chi connectivity index (χ1v) is 5.11. The first-order chi connectivity index (χ1) is 8.25. The molecule has 82 valence electrons. The van der Waals surface area contributed by atoms with Gasteiger partial charge in [-0.1, -0.05) is 12.1 Å². The molecule has 0 fully saturated rings. The highest BCUT2D eigenvalue weighted by molar-refractivity contribution is 6.08. The quantitative estimate of drug-likeness (QED) is 0.645. The summed E-state index contributed by atoms with van der Waals surface area (Å²) in [6, 6.07) is 7.34. The summed E-state index contributed by atoms with van der Waals surface area (Å²) in [6.45, 7) is 0. The monoisotopic (exact) mass is 224 g/mol. The lowest BCUT2D eigenvalue weighted by atomic mass is 10.0. The van der Waals surface area contributed by atoms with Gasteiger partial charge >= 0.3 is 5.97 Å². The van der Waals surface area contributed by atoms with E-state index in [9.17, 15) is 4.79 Å². The van der Waals surface area contributed by atoms with Crippen molar-refractivity contribution < 1.29 is 9.90 Å². The van der Waals surface area contributed by atoms with Crippen LogP contribution in [0.5, 0.6) is 0 Å². The van der Waals surface area contributed by atoms with Crippen LogP contribution in [0.1, 0.15) is 10.5 Å². The van der Waals surface area contributed by atoms with Crippen LogP contribution in [-0.2, 0) is 0 Å². The van der Waals surface area contributed by atoms with Crippen LogP contribution in [0.15, 0.2) is 42.9 Å². The molecule has 17 heavy (non-hydrogen) atoms. The van der Waals surface area contributed by atoms with Crippen LogP contribution in [0, 0.1) is 0 Å². The number of aromatic carboxylic acids is 1. The van der Waals surface area contributed by atoms with E-state index < -0.39 is 5.97 Å². The zero-order chi connectivity index (χ0) is 11.8. The molecule has 0 bridgehead atoms. The van der Waals surface area contributed by atoms with Crippen LogP contribution in [0.4, 0.5) is 0 Å². The van der Waals surface area contributed by atoms with Crippen LogP contribution >= 0.6 is 0 Å². The Labute approximate surface area is 96.6 Å². The highest BCUT2D eigenvalue weighted by Gasteiger charge is 2.07. The van der Waals surface area contributed by atoms with Crippen LogP contribution in [0.25, 0.3) is 21.5 Å². The number of carboxylic acid groups (broad SMARTS) is 1. The van der Waals surface area contributed by atoms with Crippen molar-refractivity contribution >= 4 is 27.5 Å². The second-order valence-electron chi connectivity index (χ2n) is 3.76.